The maximum Gasteiger partial charge on any atom is 0.325 e. The highest BCUT2D eigenvalue weighted by atomic mass is 19.3. The van der Waals surface area contributed by atoms with E-state index < -0.39 is 30.3 Å². The number of carbonyl (C=O) groups is 2. The average Bonchev–Trinajstić information content (AvgIpc) is 2.90. The summed E-state index contributed by atoms with van der Waals surface area (Å²) in [5, 5.41) is 18.3. The van der Waals surface area contributed by atoms with Crippen LogP contribution in [0.25, 0.3) is 0 Å². The van der Waals surface area contributed by atoms with Gasteiger partial charge < -0.3 is 10.4 Å². The number of nitrogens with one attached hydrogen (secondary N) is 1. The van der Waals surface area contributed by atoms with Crippen molar-refractivity contribution in [3.8, 4) is 0 Å². The number of carbonyl (C=O) groups excluding carboxylic acids is 1. The number of anilines is 1. The molecule has 3 rings (SSSR count). The number of aliphatic carboxylic acids is 1. The summed E-state index contributed by atoms with van der Waals surface area (Å²) in [6.07, 6.45) is 1.06. The van der Waals surface area contributed by atoms with Gasteiger partial charge in [-0.15, -0.1) is 5.10 Å². The second kappa shape index (κ2) is 5.41. The van der Waals surface area contributed by atoms with Gasteiger partial charge in [-0.1, -0.05) is 17.3 Å². The smallest absolute Gasteiger partial charge is 0.325 e. The number of amides is 1. The minimum absolute atomic E-state index is 0.0379. The van der Waals surface area contributed by atoms with E-state index in [1.54, 1.807) is 12.1 Å². The summed E-state index contributed by atoms with van der Waals surface area (Å²) in [5.41, 5.74) is 0.917. The number of hydrogen-bond acceptors (Lipinski definition) is 4. The highest BCUT2D eigenvalue weighted by molar-refractivity contribution is 6.02. The molecule has 0 bridgehead atoms. The lowest BCUT2D eigenvalue weighted by atomic mass is 10.1. The van der Waals surface area contributed by atoms with Crippen LogP contribution in [-0.2, 0) is 11.3 Å². The van der Waals surface area contributed by atoms with E-state index in [2.05, 4.69) is 15.6 Å². The summed E-state index contributed by atoms with van der Waals surface area (Å²) < 4.78 is 27.0. The van der Waals surface area contributed by atoms with Gasteiger partial charge in [-0.2, -0.15) is 0 Å². The lowest BCUT2D eigenvalue weighted by Crippen LogP contribution is -2.12. The number of alkyl halides is 2. The van der Waals surface area contributed by atoms with Crippen LogP contribution in [0.5, 0.6) is 0 Å². The van der Waals surface area contributed by atoms with Crippen molar-refractivity contribution in [1.29, 1.82) is 0 Å². The van der Waals surface area contributed by atoms with Crippen molar-refractivity contribution >= 4 is 17.6 Å². The maximum absolute atomic E-state index is 13.0. The standard InChI is InChI=1S/C14H12F2N4O3/c15-14(16)5-10(14)8-1-3-9(4-2-8)17-13(23)11-6-20(19-18-11)7-12(21)22/h1-4,6,10H,5,7H2,(H,17,23)(H,21,22). The molecule has 0 saturated heterocycles. The summed E-state index contributed by atoms with van der Waals surface area (Å²) in [4.78, 5) is 22.5. The Labute approximate surface area is 128 Å². The first-order valence-corrected chi connectivity index (χ1v) is 6.76. The van der Waals surface area contributed by atoms with Gasteiger partial charge >= 0.3 is 5.97 Å². The van der Waals surface area contributed by atoms with Gasteiger partial charge in [0.25, 0.3) is 11.8 Å². The molecule has 1 aromatic heterocycles. The van der Waals surface area contributed by atoms with E-state index in [9.17, 15) is 18.4 Å². The third kappa shape index (κ3) is 3.33. The topological polar surface area (TPSA) is 97.1 Å². The predicted octanol–water partition coefficient (Wildman–Crippen LogP) is 1.74. The van der Waals surface area contributed by atoms with E-state index in [0.717, 1.165) is 4.68 Å². The lowest BCUT2D eigenvalue weighted by molar-refractivity contribution is -0.137. The molecule has 120 valence electrons. The first-order chi connectivity index (χ1) is 10.8. The molecule has 9 heteroatoms. The fourth-order valence-electron chi connectivity index (χ4n) is 2.19. The van der Waals surface area contributed by atoms with Crippen LogP contribution in [0.2, 0.25) is 0 Å². The van der Waals surface area contributed by atoms with E-state index in [-0.39, 0.29) is 12.1 Å². The van der Waals surface area contributed by atoms with Crippen molar-refractivity contribution in [2.45, 2.75) is 24.8 Å². The molecule has 1 amide bonds. The van der Waals surface area contributed by atoms with E-state index in [1.807, 2.05) is 0 Å². The second-order valence-corrected chi connectivity index (χ2v) is 5.29. The van der Waals surface area contributed by atoms with E-state index in [1.165, 1.54) is 18.3 Å². The van der Waals surface area contributed by atoms with Crippen molar-refractivity contribution in [3.05, 3.63) is 41.7 Å². The molecule has 0 aliphatic heterocycles. The average molecular weight is 322 g/mol. The van der Waals surface area contributed by atoms with Crippen LogP contribution in [-0.4, -0.2) is 37.9 Å². The van der Waals surface area contributed by atoms with Crippen LogP contribution in [0.3, 0.4) is 0 Å². The van der Waals surface area contributed by atoms with Crippen LogP contribution in [0.4, 0.5) is 14.5 Å². The second-order valence-electron chi connectivity index (χ2n) is 5.29. The molecule has 2 N–H and O–H groups in total. The molecule has 7 nitrogen and oxygen atoms in total. The van der Waals surface area contributed by atoms with E-state index in [4.69, 9.17) is 5.11 Å². The van der Waals surface area contributed by atoms with Crippen LogP contribution < -0.4 is 5.32 Å². The Balaban J connectivity index is 1.63. The molecule has 1 aliphatic carbocycles. The minimum atomic E-state index is -2.63. The molecule has 0 radical (unpaired) electrons. The van der Waals surface area contributed by atoms with Crippen molar-refractivity contribution in [2.24, 2.45) is 0 Å². The first-order valence-electron chi connectivity index (χ1n) is 6.76. The monoisotopic (exact) mass is 322 g/mol. The number of carboxylic acids is 1. The minimum Gasteiger partial charge on any atom is -0.480 e. The van der Waals surface area contributed by atoms with Crippen molar-refractivity contribution in [1.82, 2.24) is 15.0 Å². The number of carboxylic acid groups (broad SMARTS) is 1. The third-order valence-electron chi connectivity index (χ3n) is 3.47. The Kier molecular flexibility index (Phi) is 3.55. The Morgan fingerprint density at radius 3 is 2.57 bits per heavy atom. The molecule has 1 atom stereocenters. The number of rotatable bonds is 5. The Hall–Kier alpha value is -2.84. The zero-order valence-corrected chi connectivity index (χ0v) is 11.7. The summed E-state index contributed by atoms with van der Waals surface area (Å²) >= 11 is 0. The molecular weight excluding hydrogens is 310 g/mol. The molecule has 23 heavy (non-hydrogen) atoms. The largest absolute Gasteiger partial charge is 0.480 e. The van der Waals surface area contributed by atoms with E-state index in [0.29, 0.717) is 11.3 Å². The molecule has 1 aromatic carbocycles. The number of halogens is 2. The van der Waals surface area contributed by atoms with Crippen molar-refractivity contribution in [3.63, 3.8) is 0 Å². The number of nitrogens with zero attached hydrogens (tertiary/aromatic N) is 3. The lowest BCUT2D eigenvalue weighted by Gasteiger charge is -2.04. The van der Waals surface area contributed by atoms with Crippen LogP contribution >= 0.6 is 0 Å². The Morgan fingerprint density at radius 2 is 2.00 bits per heavy atom. The highest BCUT2D eigenvalue weighted by Crippen LogP contribution is 2.55. The Bertz CT molecular complexity index is 758. The molecule has 1 aliphatic rings. The van der Waals surface area contributed by atoms with Crippen molar-refractivity contribution in [2.75, 3.05) is 5.32 Å². The van der Waals surface area contributed by atoms with Gasteiger partial charge in [0.05, 0.1) is 12.1 Å². The van der Waals surface area contributed by atoms with Gasteiger partial charge in [0.2, 0.25) is 0 Å². The summed E-state index contributed by atoms with van der Waals surface area (Å²) in [6.45, 7) is -0.398. The maximum atomic E-state index is 13.0. The highest BCUT2D eigenvalue weighted by Gasteiger charge is 2.57. The first kappa shape index (κ1) is 15.1. The Morgan fingerprint density at radius 1 is 1.35 bits per heavy atom. The molecule has 1 heterocycles. The predicted molar refractivity (Wildman–Crippen MR) is 74.4 cm³/mol. The van der Waals surface area contributed by atoms with Gasteiger partial charge in [0, 0.05) is 12.1 Å². The fraction of sp³-hybridized carbons (Fsp3) is 0.286. The summed E-state index contributed by atoms with van der Waals surface area (Å²) in [6, 6.07) is 6.15. The van der Waals surface area contributed by atoms with Crippen LogP contribution in [0.1, 0.15) is 28.4 Å². The summed E-state index contributed by atoms with van der Waals surface area (Å²) in [7, 11) is 0. The normalized spacial score (nSPS) is 18.4. The SMILES string of the molecule is O=C(O)Cn1cc(C(=O)Nc2ccc(C3CC3(F)F)cc2)nn1. The number of benzene rings is 1. The molecule has 0 spiro atoms. The molecule has 1 saturated carbocycles. The van der Waals surface area contributed by atoms with Crippen molar-refractivity contribution < 1.29 is 23.5 Å². The number of aromatic nitrogens is 3. The van der Waals surface area contributed by atoms with Gasteiger partial charge in [-0.3, -0.25) is 9.59 Å². The quantitative estimate of drug-likeness (QED) is 0.874. The van der Waals surface area contributed by atoms with Gasteiger partial charge in [0.15, 0.2) is 5.69 Å². The van der Waals surface area contributed by atoms with Gasteiger partial charge in [-0.05, 0) is 17.7 Å². The number of hydrogen-bond donors (Lipinski definition) is 2. The summed E-state index contributed by atoms with van der Waals surface area (Å²) in [5.74, 6) is -5.04. The zero-order chi connectivity index (χ0) is 16.6. The molecule has 2 aromatic rings. The van der Waals surface area contributed by atoms with E-state index >= 15 is 0 Å². The fourth-order valence-corrected chi connectivity index (χ4v) is 2.19. The van der Waals surface area contributed by atoms with Gasteiger partial charge in [0.1, 0.15) is 6.54 Å². The third-order valence-corrected chi connectivity index (χ3v) is 3.47. The van der Waals surface area contributed by atoms with Crippen LogP contribution in [0, 0.1) is 0 Å². The zero-order valence-electron chi connectivity index (χ0n) is 11.7. The van der Waals surface area contributed by atoms with Crippen LogP contribution in [0.15, 0.2) is 30.5 Å². The molecule has 1 fully saturated rings. The van der Waals surface area contributed by atoms with Gasteiger partial charge in [-0.25, -0.2) is 13.5 Å². The molecule has 1 unspecified atom stereocenters. The molecular formula is C14H12F2N4O3.